The fourth-order valence-corrected chi connectivity index (χ4v) is 3.08. The highest BCUT2D eigenvalue weighted by molar-refractivity contribution is 5.96. The Morgan fingerprint density at radius 3 is 2.10 bits per heavy atom. The zero-order valence-electron chi connectivity index (χ0n) is 16.8. The van der Waals surface area contributed by atoms with Crippen molar-refractivity contribution in [2.24, 2.45) is 0 Å². The van der Waals surface area contributed by atoms with Gasteiger partial charge in [-0.1, -0.05) is 0 Å². The van der Waals surface area contributed by atoms with Crippen LogP contribution in [0.5, 0.6) is 11.5 Å². The van der Waals surface area contributed by atoms with Crippen LogP contribution in [0.4, 0.5) is 0 Å². The molecule has 0 aliphatic carbocycles. The highest BCUT2D eigenvalue weighted by atomic mass is 16.5. The summed E-state index contributed by atoms with van der Waals surface area (Å²) in [5.74, 6) is 1.84. The van der Waals surface area contributed by atoms with Gasteiger partial charge >= 0.3 is 5.97 Å². The van der Waals surface area contributed by atoms with E-state index >= 15 is 0 Å². The van der Waals surface area contributed by atoms with Gasteiger partial charge in [0.25, 0.3) is 5.78 Å². The largest absolute Gasteiger partial charge is 0.497 e. The smallest absolute Gasteiger partial charge is 0.341 e. The normalized spacial score (nSPS) is 10.8. The van der Waals surface area contributed by atoms with Crippen molar-refractivity contribution in [1.82, 2.24) is 19.6 Å². The van der Waals surface area contributed by atoms with Crippen LogP contribution in [0.3, 0.4) is 0 Å². The standard InChI is InChI=1S/C22H20N4O4/c1-4-30-21(27)18-13-23-22-24-20(15-7-11-17(29-3)12-8-15)25-26(22)19(18)14-5-9-16(28-2)10-6-14/h5-13H,4H2,1-3H3. The number of methoxy groups -OCH3 is 2. The molecule has 0 spiro atoms. The molecule has 0 N–H and O–H groups in total. The lowest BCUT2D eigenvalue weighted by atomic mass is 10.1. The number of ether oxygens (including phenoxy) is 3. The molecule has 0 atom stereocenters. The van der Waals surface area contributed by atoms with Gasteiger partial charge in [0.05, 0.1) is 26.5 Å². The summed E-state index contributed by atoms with van der Waals surface area (Å²) in [4.78, 5) is 21.4. The van der Waals surface area contributed by atoms with Gasteiger partial charge in [-0.25, -0.2) is 9.78 Å². The molecule has 30 heavy (non-hydrogen) atoms. The molecule has 2 aromatic heterocycles. The molecule has 0 radical (unpaired) electrons. The monoisotopic (exact) mass is 404 g/mol. The lowest BCUT2D eigenvalue weighted by Gasteiger charge is -2.10. The Labute approximate surface area is 173 Å². The van der Waals surface area contributed by atoms with Crippen LogP contribution in [-0.4, -0.2) is 46.4 Å². The topological polar surface area (TPSA) is 87.8 Å². The zero-order chi connectivity index (χ0) is 21.1. The van der Waals surface area contributed by atoms with Crippen molar-refractivity contribution in [2.75, 3.05) is 20.8 Å². The van der Waals surface area contributed by atoms with Gasteiger partial charge in [0.15, 0.2) is 5.82 Å². The van der Waals surface area contributed by atoms with Gasteiger partial charge in [-0.2, -0.15) is 9.50 Å². The molecular weight excluding hydrogens is 384 g/mol. The second-order valence-electron chi connectivity index (χ2n) is 6.35. The number of rotatable bonds is 6. The lowest BCUT2D eigenvalue weighted by Crippen LogP contribution is -2.11. The molecule has 0 aliphatic rings. The summed E-state index contributed by atoms with van der Waals surface area (Å²) in [5.41, 5.74) is 2.42. The summed E-state index contributed by atoms with van der Waals surface area (Å²) in [6.45, 7) is 2.02. The first-order valence-corrected chi connectivity index (χ1v) is 9.36. The Hall–Kier alpha value is -3.94. The molecule has 0 unspecified atom stereocenters. The number of fused-ring (bicyclic) bond motifs is 1. The maximum Gasteiger partial charge on any atom is 0.341 e. The van der Waals surface area contributed by atoms with Crippen LogP contribution in [0.2, 0.25) is 0 Å². The predicted molar refractivity (Wildman–Crippen MR) is 111 cm³/mol. The number of carbonyl (C=O) groups is 1. The van der Waals surface area contributed by atoms with Crippen LogP contribution < -0.4 is 9.47 Å². The molecule has 0 fully saturated rings. The minimum Gasteiger partial charge on any atom is -0.497 e. The molecule has 4 aromatic rings. The van der Waals surface area contributed by atoms with Crippen molar-refractivity contribution >= 4 is 11.7 Å². The van der Waals surface area contributed by atoms with Crippen molar-refractivity contribution < 1.29 is 19.0 Å². The van der Waals surface area contributed by atoms with Crippen LogP contribution >= 0.6 is 0 Å². The average Bonchev–Trinajstić information content (AvgIpc) is 3.23. The van der Waals surface area contributed by atoms with E-state index in [2.05, 4.69) is 15.1 Å². The zero-order valence-corrected chi connectivity index (χ0v) is 16.8. The van der Waals surface area contributed by atoms with E-state index in [0.29, 0.717) is 28.6 Å². The number of hydrogen-bond donors (Lipinski definition) is 0. The van der Waals surface area contributed by atoms with Crippen LogP contribution in [0.1, 0.15) is 17.3 Å². The molecule has 2 heterocycles. The van der Waals surface area contributed by atoms with Gasteiger partial charge in [0.2, 0.25) is 0 Å². The third-order valence-corrected chi connectivity index (χ3v) is 4.57. The number of benzene rings is 2. The fraction of sp³-hybridized carbons (Fsp3) is 0.182. The van der Waals surface area contributed by atoms with Gasteiger partial charge in [-0.3, -0.25) is 0 Å². The molecular formula is C22H20N4O4. The van der Waals surface area contributed by atoms with Crippen LogP contribution in [0.15, 0.2) is 54.7 Å². The van der Waals surface area contributed by atoms with E-state index < -0.39 is 5.97 Å². The van der Waals surface area contributed by atoms with Gasteiger partial charge in [-0.15, -0.1) is 5.10 Å². The SMILES string of the molecule is CCOC(=O)c1cnc2nc(-c3ccc(OC)cc3)nn2c1-c1ccc(OC)cc1. The third-order valence-electron chi connectivity index (χ3n) is 4.57. The molecule has 4 rings (SSSR count). The Morgan fingerprint density at radius 2 is 1.53 bits per heavy atom. The minimum absolute atomic E-state index is 0.257. The van der Waals surface area contributed by atoms with Crippen molar-refractivity contribution in [2.45, 2.75) is 6.92 Å². The molecule has 0 bridgehead atoms. The fourth-order valence-electron chi connectivity index (χ4n) is 3.08. The van der Waals surface area contributed by atoms with E-state index in [0.717, 1.165) is 16.9 Å². The first-order chi connectivity index (χ1) is 14.6. The molecule has 0 saturated carbocycles. The molecule has 152 valence electrons. The van der Waals surface area contributed by atoms with Crippen molar-refractivity contribution in [1.29, 1.82) is 0 Å². The molecule has 0 aliphatic heterocycles. The Balaban J connectivity index is 1.90. The Bertz CT molecular complexity index is 1180. The first kappa shape index (κ1) is 19.4. The maximum absolute atomic E-state index is 12.6. The molecule has 2 aromatic carbocycles. The van der Waals surface area contributed by atoms with Gasteiger partial charge in [-0.05, 0) is 55.5 Å². The summed E-state index contributed by atoms with van der Waals surface area (Å²) in [7, 11) is 3.21. The van der Waals surface area contributed by atoms with Crippen LogP contribution in [0.25, 0.3) is 28.4 Å². The summed E-state index contributed by atoms with van der Waals surface area (Å²) in [6.07, 6.45) is 1.47. The van der Waals surface area contributed by atoms with E-state index in [-0.39, 0.29) is 6.61 Å². The highest BCUT2D eigenvalue weighted by Gasteiger charge is 2.21. The first-order valence-electron chi connectivity index (χ1n) is 9.36. The number of nitrogens with zero attached hydrogens (tertiary/aromatic N) is 4. The number of carbonyl (C=O) groups excluding carboxylic acids is 1. The van der Waals surface area contributed by atoms with E-state index in [1.807, 2.05) is 48.5 Å². The van der Waals surface area contributed by atoms with Crippen molar-refractivity contribution in [3.05, 3.63) is 60.3 Å². The van der Waals surface area contributed by atoms with Crippen LogP contribution in [-0.2, 0) is 4.74 Å². The number of esters is 1. The summed E-state index contributed by atoms with van der Waals surface area (Å²) in [6, 6.07) is 14.7. The third kappa shape index (κ3) is 3.55. The van der Waals surface area contributed by atoms with Gasteiger partial charge in [0, 0.05) is 17.3 Å². The summed E-state index contributed by atoms with van der Waals surface area (Å²) < 4.78 is 17.2. The lowest BCUT2D eigenvalue weighted by molar-refractivity contribution is 0.0526. The minimum atomic E-state index is -0.473. The second kappa shape index (κ2) is 8.20. The number of aromatic nitrogens is 4. The molecule has 8 heteroatoms. The summed E-state index contributed by atoms with van der Waals surface area (Å²) >= 11 is 0. The number of hydrogen-bond acceptors (Lipinski definition) is 7. The molecule has 8 nitrogen and oxygen atoms in total. The Kier molecular flexibility index (Phi) is 5.30. The van der Waals surface area contributed by atoms with E-state index in [1.165, 1.54) is 6.20 Å². The van der Waals surface area contributed by atoms with Crippen LogP contribution in [0, 0.1) is 0 Å². The second-order valence-corrected chi connectivity index (χ2v) is 6.35. The molecule has 0 amide bonds. The molecule has 0 saturated heterocycles. The highest BCUT2D eigenvalue weighted by Crippen LogP contribution is 2.28. The van der Waals surface area contributed by atoms with Gasteiger partial charge < -0.3 is 14.2 Å². The van der Waals surface area contributed by atoms with E-state index in [9.17, 15) is 4.79 Å². The van der Waals surface area contributed by atoms with Gasteiger partial charge in [0.1, 0.15) is 17.1 Å². The average molecular weight is 404 g/mol. The van der Waals surface area contributed by atoms with E-state index in [1.54, 1.807) is 25.7 Å². The van der Waals surface area contributed by atoms with E-state index in [4.69, 9.17) is 14.2 Å². The predicted octanol–water partition coefficient (Wildman–Crippen LogP) is 3.65. The quantitative estimate of drug-likeness (QED) is 0.453. The Morgan fingerprint density at radius 1 is 0.933 bits per heavy atom. The maximum atomic E-state index is 12.6. The van der Waals surface area contributed by atoms with Crippen molar-refractivity contribution in [3.8, 4) is 34.1 Å². The van der Waals surface area contributed by atoms with Crippen molar-refractivity contribution in [3.63, 3.8) is 0 Å². The summed E-state index contributed by atoms with van der Waals surface area (Å²) in [5, 5.41) is 4.62.